The predicted molar refractivity (Wildman–Crippen MR) is 143 cm³/mol. The molecule has 0 radical (unpaired) electrons. The summed E-state index contributed by atoms with van der Waals surface area (Å²) in [5, 5.41) is 16.5. The average molecular weight is 564 g/mol. The lowest BCUT2D eigenvalue weighted by Gasteiger charge is -2.25. The van der Waals surface area contributed by atoms with Crippen LogP contribution in [0.1, 0.15) is 33.9 Å². The number of imidazole rings is 1. The van der Waals surface area contributed by atoms with Gasteiger partial charge in [-0.05, 0) is 32.9 Å². The van der Waals surface area contributed by atoms with Gasteiger partial charge in [-0.3, -0.25) is 13.9 Å². The van der Waals surface area contributed by atoms with Crippen LogP contribution in [-0.4, -0.2) is 68.6 Å². The molecule has 2 aromatic heterocycles. The molecule has 1 saturated heterocycles. The van der Waals surface area contributed by atoms with Crippen LogP contribution in [0.2, 0.25) is 0 Å². The van der Waals surface area contributed by atoms with E-state index < -0.39 is 44.1 Å². The molecule has 1 fully saturated rings. The van der Waals surface area contributed by atoms with E-state index in [0.717, 1.165) is 0 Å². The third-order valence-corrected chi connectivity index (χ3v) is 7.71. The van der Waals surface area contributed by atoms with Gasteiger partial charge in [0.25, 0.3) is 0 Å². The molecule has 3 heterocycles. The van der Waals surface area contributed by atoms with E-state index in [9.17, 15) is 14.5 Å². The van der Waals surface area contributed by atoms with E-state index in [1.54, 1.807) is 62.7 Å². The maximum atomic E-state index is 13.8. The third-order valence-electron chi connectivity index (χ3n) is 6.07. The van der Waals surface area contributed by atoms with Gasteiger partial charge in [0, 0.05) is 13.0 Å². The van der Waals surface area contributed by atoms with Crippen molar-refractivity contribution in [2.24, 2.45) is 5.92 Å². The fourth-order valence-electron chi connectivity index (χ4n) is 4.15. The van der Waals surface area contributed by atoms with Crippen molar-refractivity contribution < 1.29 is 33.0 Å². The minimum absolute atomic E-state index is 0.0508. The highest BCUT2D eigenvalue weighted by Gasteiger charge is 2.44. The number of benzene rings is 1. The molecule has 2 unspecified atom stereocenters. The third kappa shape index (κ3) is 6.48. The summed E-state index contributed by atoms with van der Waals surface area (Å²) in [7, 11) is -2.44. The minimum Gasteiger partial charge on any atom is -0.462 e. The molecule has 3 aromatic rings. The number of rotatable bonds is 11. The van der Waals surface area contributed by atoms with Crippen LogP contribution < -0.4 is 20.7 Å². The highest BCUT2D eigenvalue weighted by atomic mass is 31.2. The molecule has 1 aliphatic heterocycles. The summed E-state index contributed by atoms with van der Waals surface area (Å²) < 4.78 is 38.1. The zero-order valence-corrected chi connectivity index (χ0v) is 23.2. The number of nitrogens with zero attached hydrogens (tertiary/aromatic N) is 4. The van der Waals surface area contributed by atoms with Gasteiger partial charge in [-0.25, -0.2) is 9.55 Å². The Hall–Kier alpha value is -3.29. The molecule has 4 rings (SSSR count). The van der Waals surface area contributed by atoms with E-state index in [1.165, 1.54) is 13.3 Å². The van der Waals surface area contributed by atoms with Gasteiger partial charge in [0.15, 0.2) is 17.0 Å². The van der Waals surface area contributed by atoms with Crippen LogP contribution in [0.3, 0.4) is 0 Å². The first-order valence-electron chi connectivity index (χ1n) is 12.5. The number of carbonyl (C=O) groups excluding carboxylic acids is 1. The number of esters is 1. The highest BCUT2D eigenvalue weighted by molar-refractivity contribution is 7.52. The lowest BCUT2D eigenvalue weighted by atomic mass is 10.0. The van der Waals surface area contributed by atoms with Gasteiger partial charge in [-0.15, -0.1) is 0 Å². The molecular formula is C24H34N7O7P. The number of para-hydroxylation sites is 1. The summed E-state index contributed by atoms with van der Waals surface area (Å²) in [5.41, 5.74) is 6.78. The number of ether oxygens (including phenoxy) is 2. The number of hydrogen-bond donors (Lipinski definition) is 4. The molecule has 5 N–H and O–H groups in total. The van der Waals surface area contributed by atoms with Gasteiger partial charge in [0.1, 0.15) is 24.1 Å². The van der Waals surface area contributed by atoms with Crippen molar-refractivity contribution in [2.45, 2.75) is 58.3 Å². The Morgan fingerprint density at radius 2 is 1.97 bits per heavy atom. The Morgan fingerprint density at radius 1 is 1.26 bits per heavy atom. The van der Waals surface area contributed by atoms with E-state index >= 15 is 0 Å². The number of aromatic nitrogens is 4. The van der Waals surface area contributed by atoms with E-state index in [4.69, 9.17) is 24.3 Å². The zero-order chi connectivity index (χ0) is 28.3. The lowest BCUT2D eigenvalue weighted by molar-refractivity contribution is -0.149. The monoisotopic (exact) mass is 563 g/mol. The summed E-state index contributed by atoms with van der Waals surface area (Å²) in [4.78, 5) is 25.2. The highest BCUT2D eigenvalue weighted by Crippen LogP contribution is 2.46. The zero-order valence-electron chi connectivity index (χ0n) is 22.3. The molecule has 15 heteroatoms. The number of aliphatic hydroxyl groups excluding tert-OH is 1. The van der Waals surface area contributed by atoms with Crippen molar-refractivity contribution >= 4 is 36.6 Å². The summed E-state index contributed by atoms with van der Waals surface area (Å²) >= 11 is 0. The Bertz CT molecular complexity index is 1340. The van der Waals surface area contributed by atoms with E-state index in [-0.39, 0.29) is 24.4 Å². The van der Waals surface area contributed by atoms with Crippen molar-refractivity contribution in [3.8, 4) is 5.75 Å². The van der Waals surface area contributed by atoms with E-state index in [1.807, 2.05) is 0 Å². The molecule has 0 saturated carbocycles. The van der Waals surface area contributed by atoms with Crippen molar-refractivity contribution in [2.75, 3.05) is 24.7 Å². The summed E-state index contributed by atoms with van der Waals surface area (Å²) in [6.07, 6.45) is -1.40. The lowest BCUT2D eigenvalue weighted by Crippen LogP contribution is -2.37. The van der Waals surface area contributed by atoms with Gasteiger partial charge in [0.05, 0.1) is 25.1 Å². The molecule has 0 aliphatic carbocycles. The van der Waals surface area contributed by atoms with E-state index in [2.05, 4.69) is 25.4 Å². The molecule has 212 valence electrons. The largest absolute Gasteiger partial charge is 0.462 e. The SMILES string of the molecule is CNc1nc(N)nc2c1ncn2[C@@H]1O[C@H](COP(=O)(NC(C)C(=O)OC(C)C)Oc2ccccc2)[C@@H](O)[C@@H]1C. The number of aliphatic hydroxyl groups is 1. The first-order valence-corrected chi connectivity index (χ1v) is 14.0. The standard InChI is InChI=1S/C24H34N7O7P/c1-13(2)36-23(33)15(4)30-39(34,38-16-9-7-6-8-10-16)35-11-17-19(32)14(3)22(37-17)31-12-27-18-20(26-5)28-24(25)29-21(18)31/h6-10,12-15,17,19,22,32H,11H2,1-5H3,(H,30,34)(H3,25,26,28,29)/t14-,15?,17+,19-,22+,39?/m0/s1. The Morgan fingerprint density at radius 3 is 2.64 bits per heavy atom. The van der Waals surface area contributed by atoms with Gasteiger partial charge in [0.2, 0.25) is 5.95 Å². The maximum Gasteiger partial charge on any atom is 0.459 e. The number of fused-ring (bicyclic) bond motifs is 1. The second kappa shape index (κ2) is 11.8. The van der Waals surface area contributed by atoms with Crippen LogP contribution in [0.5, 0.6) is 5.75 Å². The number of nitrogen functional groups attached to an aromatic ring is 1. The molecule has 6 atom stereocenters. The van der Waals surface area contributed by atoms with Crippen LogP contribution in [0.25, 0.3) is 11.2 Å². The topological polar surface area (TPSA) is 185 Å². The fourth-order valence-corrected chi connectivity index (χ4v) is 5.65. The number of nitrogens with one attached hydrogen (secondary N) is 2. The number of carbonyl (C=O) groups is 1. The molecule has 0 bridgehead atoms. The van der Waals surface area contributed by atoms with Crippen molar-refractivity contribution in [3.05, 3.63) is 36.7 Å². The number of nitrogens with two attached hydrogens (primary N) is 1. The normalized spacial score (nSPS) is 23.5. The smallest absolute Gasteiger partial charge is 0.459 e. The van der Waals surface area contributed by atoms with Crippen molar-refractivity contribution in [1.82, 2.24) is 24.6 Å². The van der Waals surface area contributed by atoms with Crippen LogP contribution >= 0.6 is 7.75 Å². The van der Waals surface area contributed by atoms with Gasteiger partial charge < -0.3 is 30.2 Å². The fraction of sp³-hybridized carbons (Fsp3) is 0.500. The van der Waals surface area contributed by atoms with Crippen LogP contribution in [0, 0.1) is 5.92 Å². The number of hydrogen-bond acceptors (Lipinski definition) is 12. The van der Waals surface area contributed by atoms with Crippen LogP contribution in [0.4, 0.5) is 11.8 Å². The number of anilines is 2. The van der Waals surface area contributed by atoms with Crippen molar-refractivity contribution in [3.63, 3.8) is 0 Å². The Balaban J connectivity index is 1.52. The van der Waals surface area contributed by atoms with Crippen LogP contribution in [-0.2, 0) is 23.4 Å². The second-order valence-corrected chi connectivity index (χ2v) is 11.1. The maximum absolute atomic E-state index is 13.8. The molecule has 0 spiro atoms. The minimum atomic E-state index is -4.14. The summed E-state index contributed by atoms with van der Waals surface area (Å²) in [6.45, 7) is 6.40. The molecule has 0 amide bonds. The van der Waals surface area contributed by atoms with Crippen molar-refractivity contribution in [1.29, 1.82) is 0 Å². The van der Waals surface area contributed by atoms with Gasteiger partial charge in [-0.1, -0.05) is 25.1 Å². The summed E-state index contributed by atoms with van der Waals surface area (Å²) in [5.74, 6) is -0.273. The second-order valence-electron chi connectivity index (χ2n) is 9.45. The van der Waals surface area contributed by atoms with Gasteiger partial charge >= 0.3 is 13.7 Å². The molecule has 1 aromatic carbocycles. The molecule has 14 nitrogen and oxygen atoms in total. The van der Waals surface area contributed by atoms with Crippen LogP contribution in [0.15, 0.2) is 36.7 Å². The molecular weight excluding hydrogens is 529 g/mol. The summed E-state index contributed by atoms with van der Waals surface area (Å²) in [6, 6.07) is 7.38. The Labute approximate surface area is 225 Å². The first-order chi connectivity index (χ1) is 18.5. The van der Waals surface area contributed by atoms with Gasteiger partial charge in [-0.2, -0.15) is 15.1 Å². The predicted octanol–water partition coefficient (Wildman–Crippen LogP) is 2.48. The Kier molecular flexibility index (Phi) is 8.72. The molecule has 1 aliphatic rings. The average Bonchev–Trinajstić information content (AvgIpc) is 3.42. The van der Waals surface area contributed by atoms with E-state index in [0.29, 0.717) is 17.0 Å². The first kappa shape index (κ1) is 28.7. The quantitative estimate of drug-likeness (QED) is 0.197. The molecule has 39 heavy (non-hydrogen) atoms.